The molecule has 1 nitrogen and oxygen atoms in total. The third-order valence-corrected chi connectivity index (χ3v) is 2.34. The summed E-state index contributed by atoms with van der Waals surface area (Å²) in [6.07, 6.45) is 2.70. The van der Waals surface area contributed by atoms with E-state index in [2.05, 4.69) is 44.4 Å². The first-order valence-corrected chi connectivity index (χ1v) is 5.26. The number of likely N-dealkylation sites (tertiary alicyclic amines) is 1. The highest BCUT2D eigenvalue weighted by Crippen LogP contribution is 2.13. The molecule has 1 aliphatic heterocycles. The molecule has 1 rings (SSSR count). The van der Waals surface area contributed by atoms with E-state index in [1.807, 2.05) is 0 Å². The predicted octanol–water partition coefficient (Wildman–Crippen LogP) is 2.52. The van der Waals surface area contributed by atoms with Gasteiger partial charge in [0, 0.05) is 5.41 Å². The predicted molar refractivity (Wildman–Crippen MR) is 57.5 cm³/mol. The molecule has 0 amide bonds. The highest BCUT2D eigenvalue weighted by Gasteiger charge is 2.16. The summed E-state index contributed by atoms with van der Waals surface area (Å²) in [5.74, 6) is 6.65. The van der Waals surface area contributed by atoms with Gasteiger partial charge in [0.1, 0.15) is 0 Å². The van der Waals surface area contributed by atoms with Gasteiger partial charge >= 0.3 is 0 Å². The topological polar surface area (TPSA) is 3.24 Å². The molecule has 0 aromatic carbocycles. The molecule has 0 spiro atoms. The summed E-state index contributed by atoms with van der Waals surface area (Å²) in [6.45, 7) is 11.2. The average molecular weight is 179 g/mol. The molecular formula is C12H21N. The minimum absolute atomic E-state index is 0.147. The van der Waals surface area contributed by atoms with E-state index in [9.17, 15) is 0 Å². The molecule has 1 atom stereocenters. The second-order valence-electron chi connectivity index (χ2n) is 4.94. The Hall–Kier alpha value is -0.480. The van der Waals surface area contributed by atoms with Crippen LogP contribution in [0.2, 0.25) is 0 Å². The van der Waals surface area contributed by atoms with Crippen molar-refractivity contribution in [1.29, 1.82) is 0 Å². The van der Waals surface area contributed by atoms with Gasteiger partial charge in [0.05, 0.1) is 6.04 Å². The van der Waals surface area contributed by atoms with Crippen LogP contribution in [0.3, 0.4) is 0 Å². The molecule has 0 aromatic heterocycles. The van der Waals surface area contributed by atoms with E-state index < -0.39 is 0 Å². The van der Waals surface area contributed by atoms with Crippen LogP contribution in [0.4, 0.5) is 0 Å². The van der Waals surface area contributed by atoms with Crippen molar-refractivity contribution in [1.82, 2.24) is 4.90 Å². The molecule has 0 radical (unpaired) electrons. The zero-order valence-corrected chi connectivity index (χ0v) is 9.35. The molecule has 0 aromatic rings. The number of rotatable bonds is 1. The fourth-order valence-corrected chi connectivity index (χ4v) is 1.54. The molecule has 1 unspecified atom stereocenters. The summed E-state index contributed by atoms with van der Waals surface area (Å²) in [7, 11) is 0. The first-order chi connectivity index (χ1) is 5.99. The molecule has 0 bridgehead atoms. The lowest BCUT2D eigenvalue weighted by Gasteiger charge is -2.19. The normalized spacial score (nSPS) is 20.9. The van der Waals surface area contributed by atoms with E-state index in [4.69, 9.17) is 0 Å². The molecule has 1 heteroatoms. The summed E-state index contributed by atoms with van der Waals surface area (Å²) < 4.78 is 0. The Morgan fingerprint density at radius 1 is 1.15 bits per heavy atom. The fraction of sp³-hybridized carbons (Fsp3) is 0.833. The van der Waals surface area contributed by atoms with Gasteiger partial charge in [-0.2, -0.15) is 0 Å². The minimum Gasteiger partial charge on any atom is -0.290 e. The second kappa shape index (κ2) is 4.15. The van der Waals surface area contributed by atoms with Gasteiger partial charge in [0.2, 0.25) is 0 Å². The van der Waals surface area contributed by atoms with E-state index in [0.29, 0.717) is 6.04 Å². The summed E-state index contributed by atoms with van der Waals surface area (Å²) in [5.41, 5.74) is 0.147. The van der Waals surface area contributed by atoms with Gasteiger partial charge in [-0.25, -0.2) is 0 Å². The van der Waals surface area contributed by atoms with Crippen LogP contribution in [-0.4, -0.2) is 24.0 Å². The van der Waals surface area contributed by atoms with Crippen molar-refractivity contribution in [2.75, 3.05) is 13.1 Å². The van der Waals surface area contributed by atoms with Gasteiger partial charge in [-0.1, -0.05) is 11.8 Å². The lowest BCUT2D eigenvalue weighted by molar-refractivity contribution is 0.307. The summed E-state index contributed by atoms with van der Waals surface area (Å²) >= 11 is 0. The quantitative estimate of drug-likeness (QED) is 0.559. The minimum atomic E-state index is 0.147. The number of hydrogen-bond acceptors (Lipinski definition) is 1. The van der Waals surface area contributed by atoms with Gasteiger partial charge < -0.3 is 0 Å². The molecule has 0 saturated carbocycles. The Kier molecular flexibility index (Phi) is 3.39. The highest BCUT2D eigenvalue weighted by molar-refractivity contribution is 5.12. The van der Waals surface area contributed by atoms with E-state index in [1.165, 1.54) is 25.9 Å². The van der Waals surface area contributed by atoms with Crippen molar-refractivity contribution in [2.45, 2.75) is 46.6 Å². The standard InChI is InChI=1S/C12H21N/c1-11(7-8-12(2,3)4)13-9-5-6-10-13/h11H,5-6,9-10H2,1-4H3. The Morgan fingerprint density at radius 3 is 2.15 bits per heavy atom. The largest absolute Gasteiger partial charge is 0.290 e. The Labute approximate surface area is 82.5 Å². The van der Waals surface area contributed by atoms with Crippen molar-refractivity contribution in [3.05, 3.63) is 0 Å². The first-order valence-electron chi connectivity index (χ1n) is 5.26. The Balaban J connectivity index is 2.46. The van der Waals surface area contributed by atoms with E-state index in [-0.39, 0.29) is 5.41 Å². The van der Waals surface area contributed by atoms with Crippen LogP contribution >= 0.6 is 0 Å². The second-order valence-corrected chi connectivity index (χ2v) is 4.94. The van der Waals surface area contributed by atoms with Gasteiger partial charge in [-0.05, 0) is 53.6 Å². The maximum Gasteiger partial charge on any atom is 0.0686 e. The smallest absolute Gasteiger partial charge is 0.0686 e. The molecule has 1 saturated heterocycles. The van der Waals surface area contributed by atoms with Gasteiger partial charge in [-0.15, -0.1) is 0 Å². The zero-order valence-electron chi connectivity index (χ0n) is 9.35. The number of nitrogens with zero attached hydrogens (tertiary/aromatic N) is 1. The Morgan fingerprint density at radius 2 is 1.69 bits per heavy atom. The van der Waals surface area contributed by atoms with Gasteiger partial charge in [0.25, 0.3) is 0 Å². The maximum absolute atomic E-state index is 3.34. The third-order valence-electron chi connectivity index (χ3n) is 2.34. The van der Waals surface area contributed by atoms with Crippen molar-refractivity contribution in [2.24, 2.45) is 5.41 Å². The maximum atomic E-state index is 3.34. The molecule has 13 heavy (non-hydrogen) atoms. The first kappa shape index (κ1) is 10.6. The summed E-state index contributed by atoms with van der Waals surface area (Å²) in [6, 6.07) is 0.446. The van der Waals surface area contributed by atoms with Crippen LogP contribution in [0, 0.1) is 17.3 Å². The van der Waals surface area contributed by atoms with E-state index in [1.54, 1.807) is 0 Å². The van der Waals surface area contributed by atoms with E-state index >= 15 is 0 Å². The van der Waals surface area contributed by atoms with Crippen LogP contribution in [0.25, 0.3) is 0 Å². The molecule has 1 aliphatic rings. The average Bonchev–Trinajstić information content (AvgIpc) is 2.50. The molecule has 1 fully saturated rings. The summed E-state index contributed by atoms with van der Waals surface area (Å²) in [4.78, 5) is 2.47. The fourth-order valence-electron chi connectivity index (χ4n) is 1.54. The lowest BCUT2D eigenvalue weighted by atomic mass is 9.97. The molecule has 0 N–H and O–H groups in total. The van der Waals surface area contributed by atoms with Gasteiger partial charge in [-0.3, -0.25) is 4.90 Å². The third kappa shape index (κ3) is 3.83. The molecule has 0 aliphatic carbocycles. The van der Waals surface area contributed by atoms with Crippen LogP contribution in [0.1, 0.15) is 40.5 Å². The molecule has 74 valence electrons. The van der Waals surface area contributed by atoms with Crippen LogP contribution in [-0.2, 0) is 0 Å². The summed E-state index contributed by atoms with van der Waals surface area (Å²) in [5, 5.41) is 0. The van der Waals surface area contributed by atoms with Crippen LogP contribution < -0.4 is 0 Å². The van der Waals surface area contributed by atoms with Crippen molar-refractivity contribution >= 4 is 0 Å². The van der Waals surface area contributed by atoms with Crippen LogP contribution in [0.15, 0.2) is 0 Å². The van der Waals surface area contributed by atoms with E-state index in [0.717, 1.165) is 0 Å². The Bertz CT molecular complexity index is 208. The van der Waals surface area contributed by atoms with Crippen molar-refractivity contribution < 1.29 is 0 Å². The molecular weight excluding hydrogens is 158 g/mol. The van der Waals surface area contributed by atoms with Crippen molar-refractivity contribution in [3.8, 4) is 11.8 Å². The highest BCUT2D eigenvalue weighted by atomic mass is 15.2. The van der Waals surface area contributed by atoms with Crippen LogP contribution in [0.5, 0.6) is 0 Å². The monoisotopic (exact) mass is 179 g/mol. The van der Waals surface area contributed by atoms with Gasteiger partial charge in [0.15, 0.2) is 0 Å². The zero-order chi connectivity index (χ0) is 9.90. The molecule has 1 heterocycles. The number of hydrogen-bond donors (Lipinski definition) is 0. The van der Waals surface area contributed by atoms with Crippen molar-refractivity contribution in [3.63, 3.8) is 0 Å². The lowest BCUT2D eigenvalue weighted by Crippen LogP contribution is -2.28. The SMILES string of the molecule is CC(C#CC(C)(C)C)N1CCCC1.